The van der Waals surface area contributed by atoms with E-state index in [0.717, 1.165) is 25.7 Å². The molecule has 1 rings (SSSR count). The van der Waals surface area contributed by atoms with Crippen LogP contribution in [0.3, 0.4) is 0 Å². The van der Waals surface area contributed by atoms with E-state index in [9.17, 15) is 0 Å². The molecule has 0 aromatic heterocycles. The predicted molar refractivity (Wildman–Crippen MR) is 83.1 cm³/mol. The Morgan fingerprint density at radius 2 is 0.722 bits per heavy atom. The Labute approximate surface area is 122 Å². The van der Waals surface area contributed by atoms with E-state index in [1.165, 1.54) is 33.4 Å². The van der Waals surface area contributed by atoms with Crippen molar-refractivity contribution in [3.63, 3.8) is 0 Å². The fourth-order valence-corrected chi connectivity index (χ4v) is 3.77. The van der Waals surface area contributed by atoms with Crippen LogP contribution in [0.4, 0.5) is 0 Å². The van der Waals surface area contributed by atoms with Gasteiger partial charge in [0.15, 0.2) is 0 Å². The van der Waals surface area contributed by atoms with Crippen LogP contribution in [0.15, 0.2) is 0 Å². The smallest absolute Gasteiger partial charge is 0.0479 e. The van der Waals surface area contributed by atoms with Crippen molar-refractivity contribution in [2.24, 2.45) is 0 Å². The molecule has 0 nitrogen and oxygen atoms in total. The molecule has 0 atom stereocenters. The van der Waals surface area contributed by atoms with Crippen LogP contribution in [-0.4, -0.2) is 0 Å². The maximum Gasteiger partial charge on any atom is 0.0479 e. The van der Waals surface area contributed by atoms with Crippen LogP contribution in [0, 0.1) is 0 Å². The molecule has 0 aliphatic heterocycles. The Morgan fingerprint density at radius 1 is 0.500 bits per heavy atom. The maximum atomic E-state index is 6.22. The van der Waals surface area contributed by atoms with Crippen LogP contribution in [0.5, 0.6) is 0 Å². The van der Waals surface area contributed by atoms with E-state index in [0.29, 0.717) is 11.8 Å². The zero-order valence-electron chi connectivity index (χ0n) is 12.0. The summed E-state index contributed by atoms with van der Waals surface area (Å²) >= 11 is 12.4. The standard InChI is InChI=1S/C16H24Cl2/c1-5-11-12(6-2)16(10-18)14(8-4)13(7-3)15(11)9-17/h5-10H2,1-4H3. The summed E-state index contributed by atoms with van der Waals surface area (Å²) in [5.74, 6) is 1.24. The Bertz CT molecular complexity index is 288. The maximum absolute atomic E-state index is 6.22. The van der Waals surface area contributed by atoms with Crippen molar-refractivity contribution in [3.05, 3.63) is 33.4 Å². The van der Waals surface area contributed by atoms with Gasteiger partial charge >= 0.3 is 0 Å². The highest BCUT2D eigenvalue weighted by atomic mass is 35.5. The van der Waals surface area contributed by atoms with E-state index in [1.807, 2.05) is 0 Å². The van der Waals surface area contributed by atoms with Gasteiger partial charge in [-0.15, -0.1) is 23.2 Å². The number of hydrogen-bond acceptors (Lipinski definition) is 0. The van der Waals surface area contributed by atoms with Gasteiger partial charge in [0.25, 0.3) is 0 Å². The van der Waals surface area contributed by atoms with Gasteiger partial charge in [-0.1, -0.05) is 27.7 Å². The lowest BCUT2D eigenvalue weighted by molar-refractivity contribution is 0.917. The summed E-state index contributed by atoms with van der Waals surface area (Å²) in [6.07, 6.45) is 4.19. The molecule has 1 aromatic carbocycles. The Hall–Kier alpha value is -0.200. The number of alkyl halides is 2. The number of halogens is 2. The zero-order chi connectivity index (χ0) is 13.7. The summed E-state index contributed by atoms with van der Waals surface area (Å²) in [5, 5.41) is 0. The molecule has 18 heavy (non-hydrogen) atoms. The van der Waals surface area contributed by atoms with Crippen molar-refractivity contribution in [2.45, 2.75) is 65.1 Å². The molecule has 0 bridgehead atoms. The third kappa shape index (κ3) is 2.70. The molecule has 0 aliphatic rings. The average Bonchev–Trinajstić information content (AvgIpc) is 2.43. The fraction of sp³-hybridized carbons (Fsp3) is 0.625. The van der Waals surface area contributed by atoms with Gasteiger partial charge in [0, 0.05) is 11.8 Å². The summed E-state index contributed by atoms with van der Waals surface area (Å²) in [7, 11) is 0. The summed E-state index contributed by atoms with van der Waals surface area (Å²) < 4.78 is 0. The lowest BCUT2D eigenvalue weighted by Crippen LogP contribution is -2.11. The van der Waals surface area contributed by atoms with Crippen molar-refractivity contribution < 1.29 is 0 Å². The van der Waals surface area contributed by atoms with Crippen LogP contribution in [0.1, 0.15) is 61.1 Å². The summed E-state index contributed by atoms with van der Waals surface area (Å²) in [6.45, 7) is 8.86. The molecule has 1 aromatic rings. The molecule has 0 spiro atoms. The SMILES string of the molecule is CCc1c(CC)c(CCl)c(CC)c(CC)c1CCl. The number of hydrogen-bond donors (Lipinski definition) is 0. The molecular formula is C16H24Cl2. The fourth-order valence-electron chi connectivity index (χ4n) is 3.12. The minimum Gasteiger partial charge on any atom is -0.122 e. The first-order chi connectivity index (χ1) is 8.69. The normalized spacial score (nSPS) is 11.0. The van der Waals surface area contributed by atoms with Crippen LogP contribution >= 0.6 is 23.2 Å². The van der Waals surface area contributed by atoms with Crippen LogP contribution in [-0.2, 0) is 37.4 Å². The minimum absolute atomic E-state index is 0.620. The lowest BCUT2D eigenvalue weighted by atomic mass is 9.83. The molecule has 0 saturated carbocycles. The van der Waals surface area contributed by atoms with Gasteiger partial charge in [0.2, 0.25) is 0 Å². The minimum atomic E-state index is 0.620. The Balaban J connectivity index is 3.71. The molecule has 0 amide bonds. The number of benzene rings is 1. The first-order valence-electron chi connectivity index (χ1n) is 6.98. The number of rotatable bonds is 6. The van der Waals surface area contributed by atoms with Crippen molar-refractivity contribution in [1.29, 1.82) is 0 Å². The van der Waals surface area contributed by atoms with Gasteiger partial charge in [-0.05, 0) is 59.1 Å². The van der Waals surface area contributed by atoms with Crippen molar-refractivity contribution >= 4 is 23.2 Å². The quantitative estimate of drug-likeness (QED) is 0.613. The summed E-state index contributed by atoms with van der Waals surface area (Å²) in [4.78, 5) is 0. The van der Waals surface area contributed by atoms with Crippen LogP contribution in [0.25, 0.3) is 0 Å². The van der Waals surface area contributed by atoms with Crippen molar-refractivity contribution in [1.82, 2.24) is 0 Å². The first-order valence-corrected chi connectivity index (χ1v) is 8.05. The molecule has 2 heteroatoms. The van der Waals surface area contributed by atoms with Gasteiger partial charge in [0.1, 0.15) is 0 Å². The van der Waals surface area contributed by atoms with Gasteiger partial charge in [-0.3, -0.25) is 0 Å². The third-order valence-corrected chi connectivity index (χ3v) is 4.40. The highest BCUT2D eigenvalue weighted by Crippen LogP contribution is 2.32. The van der Waals surface area contributed by atoms with Crippen molar-refractivity contribution in [3.8, 4) is 0 Å². The highest BCUT2D eigenvalue weighted by molar-refractivity contribution is 6.18. The Morgan fingerprint density at radius 3 is 0.833 bits per heavy atom. The largest absolute Gasteiger partial charge is 0.122 e. The highest BCUT2D eigenvalue weighted by Gasteiger charge is 2.19. The molecule has 102 valence electrons. The van der Waals surface area contributed by atoms with Crippen LogP contribution < -0.4 is 0 Å². The molecule has 0 radical (unpaired) electrons. The van der Waals surface area contributed by atoms with E-state index < -0.39 is 0 Å². The second kappa shape index (κ2) is 7.40. The van der Waals surface area contributed by atoms with Gasteiger partial charge in [-0.2, -0.15) is 0 Å². The molecule has 0 unspecified atom stereocenters. The van der Waals surface area contributed by atoms with E-state index >= 15 is 0 Å². The second-order valence-corrected chi connectivity index (χ2v) is 5.09. The van der Waals surface area contributed by atoms with Crippen molar-refractivity contribution in [2.75, 3.05) is 0 Å². The second-order valence-electron chi connectivity index (χ2n) is 4.55. The van der Waals surface area contributed by atoms with Gasteiger partial charge < -0.3 is 0 Å². The summed E-state index contributed by atoms with van der Waals surface area (Å²) in [5.41, 5.74) is 8.50. The van der Waals surface area contributed by atoms with E-state index in [-0.39, 0.29) is 0 Å². The topological polar surface area (TPSA) is 0 Å². The van der Waals surface area contributed by atoms with Gasteiger partial charge in [-0.25, -0.2) is 0 Å². The summed E-state index contributed by atoms with van der Waals surface area (Å²) in [6, 6.07) is 0. The van der Waals surface area contributed by atoms with Crippen LogP contribution in [0.2, 0.25) is 0 Å². The molecule has 0 N–H and O–H groups in total. The molecule has 0 fully saturated rings. The molecule has 0 heterocycles. The predicted octanol–water partition coefficient (Wildman–Crippen LogP) is 5.41. The molecule has 0 saturated heterocycles. The average molecular weight is 287 g/mol. The van der Waals surface area contributed by atoms with E-state index in [4.69, 9.17) is 23.2 Å². The van der Waals surface area contributed by atoms with E-state index in [1.54, 1.807) is 0 Å². The molecular weight excluding hydrogens is 263 g/mol. The Kier molecular flexibility index (Phi) is 6.52. The van der Waals surface area contributed by atoms with Gasteiger partial charge in [0.05, 0.1) is 0 Å². The third-order valence-electron chi connectivity index (χ3n) is 3.87. The monoisotopic (exact) mass is 286 g/mol. The van der Waals surface area contributed by atoms with E-state index in [2.05, 4.69) is 27.7 Å². The zero-order valence-corrected chi connectivity index (χ0v) is 13.5. The lowest BCUT2D eigenvalue weighted by Gasteiger charge is -2.23. The first kappa shape index (κ1) is 15.9. The molecule has 0 aliphatic carbocycles.